The number of hydrogen-bond acceptors (Lipinski definition) is 3. The second-order valence-electron chi connectivity index (χ2n) is 8.27. The van der Waals surface area contributed by atoms with Gasteiger partial charge in [-0.05, 0) is 61.7 Å². The van der Waals surface area contributed by atoms with Crippen LogP contribution in [0.1, 0.15) is 43.7 Å². The van der Waals surface area contributed by atoms with E-state index in [1.165, 1.54) is 10.9 Å². The molecule has 0 spiro atoms. The van der Waals surface area contributed by atoms with Crippen LogP contribution < -0.4 is 5.32 Å². The molecule has 0 bridgehead atoms. The number of carbonyl (C=O) groups is 2. The van der Waals surface area contributed by atoms with E-state index in [9.17, 15) is 9.59 Å². The zero-order valence-electron chi connectivity index (χ0n) is 18.8. The first kappa shape index (κ1) is 22.3. The number of amides is 1. The summed E-state index contributed by atoms with van der Waals surface area (Å²) in [6, 6.07) is 23.5. The zero-order valence-corrected chi connectivity index (χ0v) is 18.8. The molecular formula is C28H27N3O2. The standard InChI is InChI=1S/C28H27N3O2/c1-2-31-26-9-5-4-8-24(26)25-18-22(15-16-27(25)31)30-28(33)10-6-3-7-23(32)17-20-11-13-21(19-29)14-12-20/h4-5,8-9,11-16,18H,2-3,6-7,10,17H2,1H3,(H,30,33). The number of nitrogens with zero attached hydrogens (tertiary/aromatic N) is 2. The summed E-state index contributed by atoms with van der Waals surface area (Å²) >= 11 is 0. The first-order valence-corrected chi connectivity index (χ1v) is 11.4. The first-order valence-electron chi connectivity index (χ1n) is 11.4. The van der Waals surface area contributed by atoms with Crippen molar-refractivity contribution in [3.63, 3.8) is 0 Å². The number of nitrogens with one attached hydrogen (secondary N) is 1. The van der Waals surface area contributed by atoms with Crippen LogP contribution in [0, 0.1) is 11.3 Å². The largest absolute Gasteiger partial charge is 0.341 e. The number of aryl methyl sites for hydroxylation is 1. The van der Waals surface area contributed by atoms with Crippen molar-refractivity contribution in [2.45, 2.75) is 45.6 Å². The molecule has 4 aromatic rings. The van der Waals surface area contributed by atoms with E-state index in [1.807, 2.05) is 36.4 Å². The lowest BCUT2D eigenvalue weighted by Gasteiger charge is -2.07. The molecule has 166 valence electrons. The minimum atomic E-state index is -0.0341. The Bertz CT molecular complexity index is 1340. The quantitative estimate of drug-likeness (QED) is 0.327. The van der Waals surface area contributed by atoms with Crippen LogP contribution >= 0.6 is 0 Å². The number of anilines is 1. The minimum Gasteiger partial charge on any atom is -0.341 e. The summed E-state index contributed by atoms with van der Waals surface area (Å²) in [5, 5.41) is 14.2. The van der Waals surface area contributed by atoms with Gasteiger partial charge in [0.25, 0.3) is 0 Å². The smallest absolute Gasteiger partial charge is 0.224 e. The number of nitriles is 1. The average Bonchev–Trinajstić information content (AvgIpc) is 3.15. The van der Waals surface area contributed by atoms with Crippen molar-refractivity contribution in [2.24, 2.45) is 0 Å². The van der Waals surface area contributed by atoms with Gasteiger partial charge in [0.2, 0.25) is 5.91 Å². The Balaban J connectivity index is 1.28. The molecule has 0 unspecified atom stereocenters. The van der Waals surface area contributed by atoms with E-state index in [0.29, 0.717) is 37.7 Å². The lowest BCUT2D eigenvalue weighted by Crippen LogP contribution is -2.11. The number of Topliss-reactive ketones (excluding diaryl/α,β-unsaturated/α-hetero) is 1. The van der Waals surface area contributed by atoms with E-state index in [-0.39, 0.29) is 11.7 Å². The maximum absolute atomic E-state index is 12.4. The number of fused-ring (bicyclic) bond motifs is 3. The lowest BCUT2D eigenvalue weighted by molar-refractivity contribution is -0.119. The fourth-order valence-corrected chi connectivity index (χ4v) is 4.32. The summed E-state index contributed by atoms with van der Waals surface area (Å²) in [5.74, 6) is 0.117. The fraction of sp³-hybridized carbons (Fsp3) is 0.250. The third-order valence-corrected chi connectivity index (χ3v) is 5.97. The van der Waals surface area contributed by atoms with Gasteiger partial charge < -0.3 is 9.88 Å². The molecule has 0 aliphatic heterocycles. The normalized spacial score (nSPS) is 10.9. The van der Waals surface area contributed by atoms with E-state index < -0.39 is 0 Å². The third kappa shape index (κ3) is 5.12. The van der Waals surface area contributed by atoms with Crippen molar-refractivity contribution in [1.29, 1.82) is 5.26 Å². The van der Waals surface area contributed by atoms with Crippen molar-refractivity contribution in [3.8, 4) is 6.07 Å². The Morgan fingerprint density at radius 3 is 2.39 bits per heavy atom. The van der Waals surface area contributed by atoms with Gasteiger partial charge in [-0.3, -0.25) is 9.59 Å². The van der Waals surface area contributed by atoms with Crippen LogP contribution in [0.5, 0.6) is 0 Å². The number of carbonyl (C=O) groups excluding carboxylic acids is 2. The number of hydrogen-bond donors (Lipinski definition) is 1. The van der Waals surface area contributed by atoms with Crippen molar-refractivity contribution in [3.05, 3.63) is 77.9 Å². The Labute approximate surface area is 193 Å². The molecule has 0 fully saturated rings. The van der Waals surface area contributed by atoms with E-state index in [0.717, 1.165) is 28.7 Å². The second-order valence-corrected chi connectivity index (χ2v) is 8.27. The van der Waals surface area contributed by atoms with Crippen LogP contribution in [0.4, 0.5) is 5.69 Å². The number of unbranched alkanes of at least 4 members (excludes halogenated alkanes) is 1. The molecule has 0 saturated carbocycles. The van der Waals surface area contributed by atoms with E-state index in [4.69, 9.17) is 5.26 Å². The number of ketones is 1. The second kappa shape index (κ2) is 10.1. The summed E-state index contributed by atoms with van der Waals surface area (Å²) in [6.07, 6.45) is 2.56. The zero-order chi connectivity index (χ0) is 23.2. The van der Waals surface area contributed by atoms with Gasteiger partial charge in [-0.1, -0.05) is 30.3 Å². The molecule has 33 heavy (non-hydrogen) atoms. The molecule has 0 aliphatic carbocycles. The summed E-state index contributed by atoms with van der Waals surface area (Å²) < 4.78 is 2.28. The van der Waals surface area contributed by atoms with Gasteiger partial charge in [0.15, 0.2) is 0 Å². The van der Waals surface area contributed by atoms with E-state index in [2.05, 4.69) is 41.1 Å². The minimum absolute atomic E-state index is 0.0341. The first-order chi connectivity index (χ1) is 16.1. The van der Waals surface area contributed by atoms with Crippen LogP contribution in [-0.2, 0) is 22.6 Å². The molecule has 4 rings (SSSR count). The predicted molar refractivity (Wildman–Crippen MR) is 132 cm³/mol. The van der Waals surface area contributed by atoms with Gasteiger partial charge in [-0.2, -0.15) is 5.26 Å². The van der Waals surface area contributed by atoms with Crippen molar-refractivity contribution < 1.29 is 9.59 Å². The summed E-state index contributed by atoms with van der Waals surface area (Å²) in [7, 11) is 0. The highest BCUT2D eigenvalue weighted by molar-refractivity contribution is 6.09. The Morgan fingerprint density at radius 1 is 0.909 bits per heavy atom. The molecule has 1 heterocycles. The van der Waals surface area contributed by atoms with Crippen LogP contribution in [0.25, 0.3) is 21.8 Å². The highest BCUT2D eigenvalue weighted by Crippen LogP contribution is 2.31. The highest BCUT2D eigenvalue weighted by atomic mass is 16.1. The number of para-hydroxylation sites is 1. The Morgan fingerprint density at radius 2 is 1.64 bits per heavy atom. The molecule has 0 atom stereocenters. The van der Waals surface area contributed by atoms with Crippen LogP contribution in [0.3, 0.4) is 0 Å². The molecule has 1 amide bonds. The van der Waals surface area contributed by atoms with E-state index in [1.54, 1.807) is 12.1 Å². The van der Waals surface area contributed by atoms with Crippen molar-refractivity contribution in [2.75, 3.05) is 5.32 Å². The van der Waals surface area contributed by atoms with Crippen LogP contribution in [0.15, 0.2) is 66.7 Å². The van der Waals surface area contributed by atoms with Crippen LogP contribution in [0.2, 0.25) is 0 Å². The molecule has 3 aromatic carbocycles. The van der Waals surface area contributed by atoms with E-state index >= 15 is 0 Å². The molecule has 0 saturated heterocycles. The fourth-order valence-electron chi connectivity index (χ4n) is 4.32. The molecular weight excluding hydrogens is 410 g/mol. The van der Waals surface area contributed by atoms with Gasteiger partial charge in [0, 0.05) is 53.3 Å². The maximum Gasteiger partial charge on any atom is 0.224 e. The Hall–Kier alpha value is -3.91. The number of aromatic nitrogens is 1. The molecule has 5 nitrogen and oxygen atoms in total. The average molecular weight is 438 g/mol. The third-order valence-electron chi connectivity index (χ3n) is 5.97. The van der Waals surface area contributed by atoms with Crippen molar-refractivity contribution in [1.82, 2.24) is 4.57 Å². The van der Waals surface area contributed by atoms with Crippen molar-refractivity contribution >= 4 is 39.2 Å². The monoisotopic (exact) mass is 437 g/mol. The molecule has 5 heteroatoms. The number of rotatable bonds is 9. The van der Waals surface area contributed by atoms with Gasteiger partial charge in [-0.15, -0.1) is 0 Å². The molecule has 1 N–H and O–H groups in total. The summed E-state index contributed by atoms with van der Waals surface area (Å²) in [5.41, 5.74) is 4.66. The summed E-state index contributed by atoms with van der Waals surface area (Å²) in [4.78, 5) is 24.6. The SMILES string of the molecule is CCn1c2ccccc2c2cc(NC(=O)CCCCC(=O)Cc3ccc(C#N)cc3)ccc21. The topological polar surface area (TPSA) is 74.9 Å². The molecule has 0 aliphatic rings. The Kier molecular flexibility index (Phi) is 6.85. The lowest BCUT2D eigenvalue weighted by atomic mass is 10.0. The number of benzene rings is 3. The molecule has 1 aromatic heterocycles. The van der Waals surface area contributed by atoms with Gasteiger partial charge in [0.1, 0.15) is 5.78 Å². The molecule has 0 radical (unpaired) electrons. The van der Waals surface area contributed by atoms with Gasteiger partial charge in [0.05, 0.1) is 11.6 Å². The van der Waals surface area contributed by atoms with Gasteiger partial charge >= 0.3 is 0 Å². The highest BCUT2D eigenvalue weighted by Gasteiger charge is 2.11. The summed E-state index contributed by atoms with van der Waals surface area (Å²) in [6.45, 7) is 3.02. The van der Waals surface area contributed by atoms with Crippen LogP contribution in [-0.4, -0.2) is 16.3 Å². The van der Waals surface area contributed by atoms with Gasteiger partial charge in [-0.25, -0.2) is 0 Å². The maximum atomic E-state index is 12.4. The predicted octanol–water partition coefficient (Wildman–Crippen LogP) is 6.00.